The fourth-order valence-electron chi connectivity index (χ4n) is 2.38. The lowest BCUT2D eigenvalue weighted by Crippen LogP contribution is -2.50. The summed E-state index contributed by atoms with van der Waals surface area (Å²) in [5.41, 5.74) is 0. The lowest BCUT2D eigenvalue weighted by atomic mass is 10.0. The Kier molecular flexibility index (Phi) is 6.65. The summed E-state index contributed by atoms with van der Waals surface area (Å²) in [5, 5.41) is 3.41. The highest BCUT2D eigenvalue weighted by atomic mass is 16.2. The summed E-state index contributed by atoms with van der Waals surface area (Å²) in [5.74, 6) is 0.244. The highest BCUT2D eigenvalue weighted by Gasteiger charge is 2.25. The third-order valence-corrected chi connectivity index (χ3v) is 3.89. The van der Waals surface area contributed by atoms with Crippen LogP contribution in [0.15, 0.2) is 0 Å². The largest absolute Gasteiger partial charge is 0.342 e. The zero-order chi connectivity index (χ0) is 13.5. The van der Waals surface area contributed by atoms with Crippen molar-refractivity contribution in [3.8, 4) is 0 Å². The highest BCUT2D eigenvalue weighted by Crippen LogP contribution is 2.16. The predicted molar refractivity (Wildman–Crippen MR) is 75.7 cm³/mol. The van der Waals surface area contributed by atoms with Crippen LogP contribution in [0, 0.1) is 0 Å². The first-order valence-corrected chi connectivity index (χ1v) is 7.26. The predicted octanol–water partition coefficient (Wildman–Crippen LogP) is 1.32. The Labute approximate surface area is 112 Å². The lowest BCUT2D eigenvalue weighted by molar-refractivity contribution is -0.133. The highest BCUT2D eigenvalue weighted by molar-refractivity contribution is 5.78. The van der Waals surface area contributed by atoms with Crippen LogP contribution in [0.25, 0.3) is 0 Å². The molecule has 0 spiro atoms. The van der Waals surface area contributed by atoms with Crippen molar-refractivity contribution in [2.45, 2.75) is 52.1 Å². The number of carbonyl (C=O) groups is 1. The van der Waals surface area contributed by atoms with Crippen LogP contribution in [-0.2, 0) is 4.79 Å². The number of carbonyl (C=O) groups excluding carboxylic acids is 1. The number of piperidine rings is 1. The Balaban J connectivity index is 2.48. The molecule has 1 unspecified atom stereocenters. The molecule has 0 aliphatic carbocycles. The second-order valence-corrected chi connectivity index (χ2v) is 5.53. The minimum Gasteiger partial charge on any atom is -0.342 e. The first-order chi connectivity index (χ1) is 8.56. The Morgan fingerprint density at radius 3 is 2.78 bits per heavy atom. The number of likely N-dealkylation sites (N-methyl/N-ethyl adjacent to an activating group) is 2. The molecule has 1 atom stereocenters. The first-order valence-electron chi connectivity index (χ1n) is 7.26. The fraction of sp³-hybridized carbons (Fsp3) is 0.929. The SMILES string of the molecule is CCNCC1CCCCN1CC(=O)N(C)C(C)C. The third-order valence-electron chi connectivity index (χ3n) is 3.89. The van der Waals surface area contributed by atoms with E-state index >= 15 is 0 Å². The minimum atomic E-state index is 0.244. The first kappa shape index (κ1) is 15.4. The molecule has 1 aliphatic rings. The van der Waals surface area contributed by atoms with Crippen LogP contribution in [-0.4, -0.2) is 61.0 Å². The van der Waals surface area contributed by atoms with E-state index in [0.717, 1.165) is 19.6 Å². The van der Waals surface area contributed by atoms with Crippen LogP contribution in [0.1, 0.15) is 40.0 Å². The monoisotopic (exact) mass is 255 g/mol. The standard InChI is InChI=1S/C14H29N3O/c1-5-15-10-13-8-6-7-9-17(13)11-14(18)16(4)12(2)3/h12-13,15H,5-11H2,1-4H3. The van der Waals surface area contributed by atoms with Crippen LogP contribution in [0.4, 0.5) is 0 Å². The maximum atomic E-state index is 12.1. The zero-order valence-corrected chi connectivity index (χ0v) is 12.4. The number of hydrogen-bond donors (Lipinski definition) is 1. The molecule has 106 valence electrons. The van der Waals surface area contributed by atoms with Crippen molar-refractivity contribution in [1.82, 2.24) is 15.1 Å². The van der Waals surface area contributed by atoms with Crippen LogP contribution < -0.4 is 5.32 Å². The molecule has 0 aromatic rings. The van der Waals surface area contributed by atoms with Crippen LogP contribution in [0.5, 0.6) is 0 Å². The molecule has 1 saturated heterocycles. The maximum Gasteiger partial charge on any atom is 0.236 e. The summed E-state index contributed by atoms with van der Waals surface area (Å²) >= 11 is 0. The number of nitrogens with one attached hydrogen (secondary N) is 1. The molecule has 0 bridgehead atoms. The summed E-state index contributed by atoms with van der Waals surface area (Å²) < 4.78 is 0. The van der Waals surface area contributed by atoms with Gasteiger partial charge in [-0.3, -0.25) is 9.69 Å². The Bertz CT molecular complexity index is 255. The normalized spacial score (nSPS) is 21.3. The summed E-state index contributed by atoms with van der Waals surface area (Å²) in [6.07, 6.45) is 3.73. The van der Waals surface area contributed by atoms with E-state index in [1.807, 2.05) is 11.9 Å². The van der Waals surface area contributed by atoms with Gasteiger partial charge < -0.3 is 10.2 Å². The van der Waals surface area contributed by atoms with Gasteiger partial charge in [0.05, 0.1) is 6.54 Å². The molecular formula is C14H29N3O. The van der Waals surface area contributed by atoms with E-state index in [1.165, 1.54) is 19.3 Å². The van der Waals surface area contributed by atoms with Gasteiger partial charge in [0.15, 0.2) is 0 Å². The van der Waals surface area contributed by atoms with Gasteiger partial charge in [-0.05, 0) is 39.8 Å². The summed E-state index contributed by atoms with van der Waals surface area (Å²) in [6, 6.07) is 0.817. The van der Waals surface area contributed by atoms with E-state index in [1.54, 1.807) is 0 Å². The lowest BCUT2D eigenvalue weighted by Gasteiger charge is -2.36. The smallest absolute Gasteiger partial charge is 0.236 e. The number of rotatable bonds is 6. The second kappa shape index (κ2) is 7.74. The zero-order valence-electron chi connectivity index (χ0n) is 12.4. The molecule has 0 radical (unpaired) electrons. The van der Waals surface area contributed by atoms with Crippen molar-refractivity contribution < 1.29 is 4.79 Å². The van der Waals surface area contributed by atoms with Gasteiger partial charge >= 0.3 is 0 Å². The summed E-state index contributed by atoms with van der Waals surface area (Å²) in [7, 11) is 1.90. The van der Waals surface area contributed by atoms with Crippen LogP contribution in [0.3, 0.4) is 0 Å². The number of likely N-dealkylation sites (tertiary alicyclic amines) is 1. The van der Waals surface area contributed by atoms with Gasteiger partial charge in [0.25, 0.3) is 0 Å². The molecule has 1 heterocycles. The Morgan fingerprint density at radius 1 is 1.44 bits per heavy atom. The molecule has 1 N–H and O–H groups in total. The number of hydrogen-bond acceptors (Lipinski definition) is 3. The number of nitrogens with zero attached hydrogens (tertiary/aromatic N) is 2. The molecule has 0 aromatic heterocycles. The van der Waals surface area contributed by atoms with Gasteiger partial charge in [-0.1, -0.05) is 13.3 Å². The number of amides is 1. The minimum absolute atomic E-state index is 0.244. The van der Waals surface area contributed by atoms with Crippen molar-refractivity contribution in [2.75, 3.05) is 33.2 Å². The Hall–Kier alpha value is -0.610. The van der Waals surface area contributed by atoms with Crippen molar-refractivity contribution in [1.29, 1.82) is 0 Å². The molecule has 4 heteroatoms. The molecule has 4 nitrogen and oxygen atoms in total. The average Bonchev–Trinajstić information content (AvgIpc) is 2.36. The molecule has 1 aliphatic heterocycles. The van der Waals surface area contributed by atoms with Gasteiger partial charge in [0, 0.05) is 25.7 Å². The van der Waals surface area contributed by atoms with E-state index in [9.17, 15) is 4.79 Å². The van der Waals surface area contributed by atoms with Gasteiger partial charge in [-0.2, -0.15) is 0 Å². The molecule has 18 heavy (non-hydrogen) atoms. The van der Waals surface area contributed by atoms with Gasteiger partial charge in [0.1, 0.15) is 0 Å². The Morgan fingerprint density at radius 2 is 2.17 bits per heavy atom. The van der Waals surface area contributed by atoms with Crippen molar-refractivity contribution >= 4 is 5.91 Å². The van der Waals surface area contributed by atoms with Crippen molar-refractivity contribution in [2.24, 2.45) is 0 Å². The maximum absolute atomic E-state index is 12.1. The van der Waals surface area contributed by atoms with E-state index in [-0.39, 0.29) is 11.9 Å². The van der Waals surface area contributed by atoms with Gasteiger partial charge in [0.2, 0.25) is 5.91 Å². The molecule has 1 rings (SSSR count). The van der Waals surface area contributed by atoms with Gasteiger partial charge in [-0.25, -0.2) is 0 Å². The third kappa shape index (κ3) is 4.58. The van der Waals surface area contributed by atoms with Crippen molar-refractivity contribution in [3.63, 3.8) is 0 Å². The van der Waals surface area contributed by atoms with E-state index in [2.05, 4.69) is 31.0 Å². The quantitative estimate of drug-likeness (QED) is 0.777. The van der Waals surface area contributed by atoms with Crippen LogP contribution >= 0.6 is 0 Å². The molecule has 0 aromatic carbocycles. The molecule has 1 amide bonds. The summed E-state index contributed by atoms with van der Waals surface area (Å²) in [4.78, 5) is 16.3. The van der Waals surface area contributed by atoms with Gasteiger partial charge in [-0.15, -0.1) is 0 Å². The second-order valence-electron chi connectivity index (χ2n) is 5.53. The van der Waals surface area contributed by atoms with E-state index in [0.29, 0.717) is 12.6 Å². The molecular weight excluding hydrogens is 226 g/mol. The van der Waals surface area contributed by atoms with Crippen molar-refractivity contribution in [3.05, 3.63) is 0 Å². The molecule has 1 fully saturated rings. The van der Waals surface area contributed by atoms with E-state index in [4.69, 9.17) is 0 Å². The van der Waals surface area contributed by atoms with E-state index < -0.39 is 0 Å². The summed E-state index contributed by atoms with van der Waals surface area (Å²) in [6.45, 7) is 9.90. The topological polar surface area (TPSA) is 35.6 Å². The fourth-order valence-corrected chi connectivity index (χ4v) is 2.38. The average molecular weight is 255 g/mol. The molecule has 0 saturated carbocycles. The van der Waals surface area contributed by atoms with Crippen LogP contribution in [0.2, 0.25) is 0 Å².